The Hall–Kier alpha value is -2.41. The van der Waals surface area contributed by atoms with Crippen LogP contribution in [0.3, 0.4) is 0 Å². The molecule has 1 aliphatic rings. The smallest absolute Gasteiger partial charge is 0.339 e. The van der Waals surface area contributed by atoms with Gasteiger partial charge >= 0.3 is 17.8 Å². The molecule has 1 heterocycles. The Labute approximate surface area is 121 Å². The zero-order chi connectivity index (χ0) is 15.4. The lowest BCUT2D eigenvalue weighted by Crippen LogP contribution is -2.52. The first kappa shape index (κ1) is 15.0. The number of carbonyl (C=O) groups excluding carboxylic acids is 3. The van der Waals surface area contributed by atoms with Crippen molar-refractivity contribution < 1.29 is 24.2 Å². The minimum absolute atomic E-state index is 0.142. The fraction of sp³-hybridized carbons (Fsp3) is 0.357. The van der Waals surface area contributed by atoms with Crippen molar-refractivity contribution in [3.05, 3.63) is 29.8 Å². The number of ether oxygens (including phenoxy) is 1. The molecule has 1 fully saturated rings. The summed E-state index contributed by atoms with van der Waals surface area (Å²) in [5.74, 6) is -2.22. The highest BCUT2D eigenvalue weighted by Gasteiger charge is 2.31. The van der Waals surface area contributed by atoms with E-state index < -0.39 is 23.9 Å². The van der Waals surface area contributed by atoms with Crippen molar-refractivity contribution in [1.29, 1.82) is 0 Å². The Morgan fingerprint density at radius 3 is 2.86 bits per heavy atom. The average molecular weight is 292 g/mol. The van der Waals surface area contributed by atoms with Gasteiger partial charge in [-0.05, 0) is 13.0 Å². The number of amides is 2. The van der Waals surface area contributed by atoms with Crippen LogP contribution in [0.1, 0.15) is 18.6 Å². The number of hydrogen-bond acceptors (Lipinski definition) is 5. The topological polar surface area (TPSA) is 95.9 Å². The third kappa shape index (κ3) is 3.03. The van der Waals surface area contributed by atoms with Gasteiger partial charge in [0.1, 0.15) is 0 Å². The van der Waals surface area contributed by atoms with Gasteiger partial charge in [-0.25, -0.2) is 4.79 Å². The second-order valence-electron chi connectivity index (χ2n) is 4.43. The molecule has 1 saturated heterocycles. The molecule has 0 aliphatic carbocycles. The zero-order valence-electron chi connectivity index (χ0n) is 11.5. The van der Waals surface area contributed by atoms with Gasteiger partial charge in [0, 0.05) is 18.7 Å². The van der Waals surface area contributed by atoms with E-state index in [1.54, 1.807) is 25.1 Å². The van der Waals surface area contributed by atoms with Gasteiger partial charge in [-0.15, -0.1) is 0 Å². The van der Waals surface area contributed by atoms with Gasteiger partial charge in [-0.3, -0.25) is 9.59 Å². The number of hydrogen-bond donors (Lipinski definition) is 2. The number of carbonyl (C=O) groups is 3. The van der Waals surface area contributed by atoms with Crippen LogP contribution in [0.5, 0.6) is 0 Å². The molecule has 0 saturated carbocycles. The van der Waals surface area contributed by atoms with Crippen molar-refractivity contribution in [3.8, 4) is 0 Å². The fourth-order valence-electron chi connectivity index (χ4n) is 2.12. The van der Waals surface area contributed by atoms with E-state index in [0.29, 0.717) is 12.2 Å². The number of rotatable bonds is 4. The summed E-state index contributed by atoms with van der Waals surface area (Å²) < 4.78 is 4.78. The monoisotopic (exact) mass is 292 g/mol. The Morgan fingerprint density at radius 1 is 1.43 bits per heavy atom. The summed E-state index contributed by atoms with van der Waals surface area (Å²) in [7, 11) is 0. The fourth-order valence-corrected chi connectivity index (χ4v) is 2.12. The van der Waals surface area contributed by atoms with Gasteiger partial charge < -0.3 is 20.1 Å². The number of anilines is 1. The first-order valence-electron chi connectivity index (χ1n) is 6.59. The number of esters is 1. The highest BCUT2D eigenvalue weighted by molar-refractivity contribution is 6.41. The van der Waals surface area contributed by atoms with Crippen molar-refractivity contribution in [2.45, 2.75) is 13.0 Å². The normalized spacial score (nSPS) is 16.4. The summed E-state index contributed by atoms with van der Waals surface area (Å²) in [6.45, 7) is 2.36. The molecular weight excluding hydrogens is 276 g/mol. The second-order valence-corrected chi connectivity index (χ2v) is 4.43. The molecule has 1 aromatic carbocycles. The van der Waals surface area contributed by atoms with Gasteiger partial charge in [0.15, 0.2) is 6.10 Å². The van der Waals surface area contributed by atoms with E-state index in [9.17, 15) is 19.5 Å². The molecule has 112 valence electrons. The number of nitrogens with one attached hydrogen (secondary N) is 1. The first-order chi connectivity index (χ1) is 10.1. The number of aliphatic hydroxyl groups excluding tert-OH is 1. The number of benzene rings is 1. The minimum atomic E-state index is -1.50. The van der Waals surface area contributed by atoms with Gasteiger partial charge in [0.2, 0.25) is 0 Å². The molecule has 2 N–H and O–H groups in total. The van der Waals surface area contributed by atoms with E-state index in [1.807, 2.05) is 0 Å². The molecule has 2 rings (SSSR count). The van der Waals surface area contributed by atoms with E-state index in [4.69, 9.17) is 4.74 Å². The van der Waals surface area contributed by atoms with Crippen molar-refractivity contribution >= 4 is 23.5 Å². The van der Waals surface area contributed by atoms with Crippen LogP contribution < -0.4 is 10.2 Å². The average Bonchev–Trinajstić information content (AvgIpc) is 2.49. The van der Waals surface area contributed by atoms with E-state index in [1.165, 1.54) is 11.0 Å². The second kappa shape index (κ2) is 6.36. The molecule has 7 nitrogen and oxygen atoms in total. The molecule has 0 radical (unpaired) electrons. The third-order valence-corrected chi connectivity index (χ3v) is 3.09. The molecule has 1 atom stereocenters. The molecule has 0 spiro atoms. The molecular formula is C14H16N2O5. The Morgan fingerprint density at radius 2 is 2.14 bits per heavy atom. The van der Waals surface area contributed by atoms with Gasteiger partial charge in [-0.2, -0.15) is 0 Å². The third-order valence-electron chi connectivity index (χ3n) is 3.09. The van der Waals surface area contributed by atoms with Crippen LogP contribution >= 0.6 is 0 Å². The van der Waals surface area contributed by atoms with Crippen LogP contribution in [0.2, 0.25) is 0 Å². The molecule has 2 amide bonds. The lowest BCUT2D eigenvalue weighted by Gasteiger charge is -2.29. The highest BCUT2D eigenvalue weighted by atomic mass is 16.5. The van der Waals surface area contributed by atoms with E-state index in [-0.39, 0.29) is 18.7 Å². The maximum atomic E-state index is 11.9. The summed E-state index contributed by atoms with van der Waals surface area (Å²) in [6, 6.07) is 6.40. The van der Waals surface area contributed by atoms with E-state index >= 15 is 0 Å². The van der Waals surface area contributed by atoms with Gasteiger partial charge in [-0.1, -0.05) is 18.2 Å². The quantitative estimate of drug-likeness (QED) is 0.589. The lowest BCUT2D eigenvalue weighted by molar-refractivity contribution is -0.153. The van der Waals surface area contributed by atoms with Crippen LogP contribution in [-0.4, -0.2) is 42.6 Å². The Balaban J connectivity index is 2.34. The summed E-state index contributed by atoms with van der Waals surface area (Å²) in [5.41, 5.74) is 0.567. The van der Waals surface area contributed by atoms with Gasteiger partial charge in [0.05, 0.1) is 12.3 Å². The molecule has 1 aliphatic heterocycles. The maximum Gasteiger partial charge on any atom is 0.339 e. The van der Waals surface area contributed by atoms with Crippen molar-refractivity contribution in [2.75, 3.05) is 24.6 Å². The molecule has 7 heteroatoms. The number of aliphatic hydroxyl groups is 1. The Bertz CT molecular complexity index is 572. The molecule has 21 heavy (non-hydrogen) atoms. The minimum Gasteiger partial charge on any atom is -0.464 e. The van der Waals surface area contributed by atoms with Crippen LogP contribution in [-0.2, 0) is 19.1 Å². The maximum absolute atomic E-state index is 11.9. The Kier molecular flexibility index (Phi) is 4.54. The summed E-state index contributed by atoms with van der Waals surface area (Å²) in [4.78, 5) is 36.3. The van der Waals surface area contributed by atoms with Crippen molar-refractivity contribution in [2.24, 2.45) is 0 Å². The molecule has 0 aromatic heterocycles. The lowest BCUT2D eigenvalue weighted by atomic mass is 10.1. The largest absolute Gasteiger partial charge is 0.464 e. The number of nitrogens with zero attached hydrogens (tertiary/aromatic N) is 1. The van der Waals surface area contributed by atoms with Crippen LogP contribution in [0.25, 0.3) is 0 Å². The first-order valence-corrected chi connectivity index (χ1v) is 6.59. The predicted octanol–water partition coefficient (Wildman–Crippen LogP) is -0.254. The summed E-state index contributed by atoms with van der Waals surface area (Å²) >= 11 is 0. The van der Waals surface area contributed by atoms with E-state index in [2.05, 4.69) is 5.32 Å². The van der Waals surface area contributed by atoms with Crippen LogP contribution in [0.4, 0.5) is 5.69 Å². The standard InChI is InChI=1S/C14H16N2O5/c1-2-21-14(20)11(17)9-5-3-4-6-10(9)16-8-7-15-12(18)13(16)19/h3-6,11,17H,2,7-8H2,1H3,(H,15,18). The predicted molar refractivity (Wildman–Crippen MR) is 73.4 cm³/mol. The molecule has 0 bridgehead atoms. The summed E-state index contributed by atoms with van der Waals surface area (Å²) in [6.07, 6.45) is -1.50. The number of para-hydroxylation sites is 1. The molecule has 1 aromatic rings. The summed E-state index contributed by atoms with van der Waals surface area (Å²) in [5, 5.41) is 12.5. The number of piperazine rings is 1. The van der Waals surface area contributed by atoms with Crippen LogP contribution in [0.15, 0.2) is 24.3 Å². The zero-order valence-corrected chi connectivity index (χ0v) is 11.5. The molecule has 1 unspecified atom stereocenters. The van der Waals surface area contributed by atoms with Gasteiger partial charge in [0.25, 0.3) is 0 Å². The van der Waals surface area contributed by atoms with Crippen molar-refractivity contribution in [3.63, 3.8) is 0 Å². The van der Waals surface area contributed by atoms with Crippen molar-refractivity contribution in [1.82, 2.24) is 5.32 Å². The SMILES string of the molecule is CCOC(=O)C(O)c1ccccc1N1CCNC(=O)C1=O. The highest BCUT2D eigenvalue weighted by Crippen LogP contribution is 2.28. The van der Waals surface area contributed by atoms with Crippen LogP contribution in [0, 0.1) is 0 Å². The van der Waals surface area contributed by atoms with E-state index in [0.717, 1.165) is 0 Å².